The molecule has 0 saturated heterocycles. The van der Waals surface area contributed by atoms with Gasteiger partial charge in [0.15, 0.2) is 5.15 Å². The molecular formula is C17H20Cl2N2. The molecule has 1 aromatic heterocycles. The molecule has 1 heterocycles. The van der Waals surface area contributed by atoms with Crippen LogP contribution in [0, 0.1) is 6.92 Å². The van der Waals surface area contributed by atoms with E-state index < -0.39 is 0 Å². The molecule has 0 aliphatic rings. The Bertz CT molecular complexity index is 586. The molecule has 112 valence electrons. The number of benzene rings is 1. The molecule has 0 aliphatic heterocycles. The first kappa shape index (κ1) is 16.1. The number of halogens is 2. The summed E-state index contributed by atoms with van der Waals surface area (Å²) in [6.07, 6.45) is 2.01. The first-order chi connectivity index (χ1) is 10.0. The molecule has 2 nitrogen and oxygen atoms in total. The average molecular weight is 323 g/mol. The van der Waals surface area contributed by atoms with Crippen LogP contribution in [-0.4, -0.2) is 4.98 Å². The quantitative estimate of drug-likeness (QED) is 0.701. The summed E-state index contributed by atoms with van der Waals surface area (Å²) in [5.74, 6) is 0. The lowest BCUT2D eigenvalue weighted by atomic mass is 10.0. The minimum absolute atomic E-state index is 0.204. The van der Waals surface area contributed by atoms with Crippen molar-refractivity contribution < 1.29 is 0 Å². The predicted octanol–water partition coefficient (Wildman–Crippen LogP) is 5.82. The third kappa shape index (κ3) is 3.90. The SMILES string of the molecule is CCc1ccc(C(CC)Nc2c(C)cc(Cl)nc2Cl)cc1. The van der Waals surface area contributed by atoms with Crippen LogP contribution in [-0.2, 0) is 6.42 Å². The maximum atomic E-state index is 6.21. The van der Waals surface area contributed by atoms with E-state index in [1.165, 1.54) is 11.1 Å². The van der Waals surface area contributed by atoms with Crippen molar-refractivity contribution in [2.45, 2.75) is 39.7 Å². The van der Waals surface area contributed by atoms with Crippen LogP contribution in [0.5, 0.6) is 0 Å². The van der Waals surface area contributed by atoms with Gasteiger partial charge >= 0.3 is 0 Å². The molecule has 0 amide bonds. The van der Waals surface area contributed by atoms with Gasteiger partial charge in [-0.1, -0.05) is 61.3 Å². The number of hydrogen-bond donors (Lipinski definition) is 1. The van der Waals surface area contributed by atoms with Crippen molar-refractivity contribution in [2.24, 2.45) is 0 Å². The van der Waals surface area contributed by atoms with Crippen molar-refractivity contribution in [3.05, 3.63) is 57.3 Å². The Morgan fingerprint density at radius 2 is 1.81 bits per heavy atom. The van der Waals surface area contributed by atoms with E-state index in [9.17, 15) is 0 Å². The lowest BCUT2D eigenvalue weighted by Gasteiger charge is -2.21. The molecule has 1 unspecified atom stereocenters. The van der Waals surface area contributed by atoms with Crippen LogP contribution in [0.4, 0.5) is 5.69 Å². The number of nitrogens with one attached hydrogen (secondary N) is 1. The van der Waals surface area contributed by atoms with Crippen LogP contribution in [0.3, 0.4) is 0 Å². The second-order valence-electron chi connectivity index (χ2n) is 5.13. The van der Waals surface area contributed by atoms with Gasteiger partial charge in [0.05, 0.1) is 11.7 Å². The number of aromatic nitrogens is 1. The number of hydrogen-bond acceptors (Lipinski definition) is 2. The summed E-state index contributed by atoms with van der Waals surface area (Å²) in [6.45, 7) is 6.29. The normalized spacial score (nSPS) is 12.2. The molecule has 2 aromatic rings. The second-order valence-corrected chi connectivity index (χ2v) is 5.87. The van der Waals surface area contributed by atoms with E-state index in [1.807, 2.05) is 13.0 Å². The highest BCUT2D eigenvalue weighted by Crippen LogP contribution is 2.31. The van der Waals surface area contributed by atoms with Crippen molar-refractivity contribution in [3.8, 4) is 0 Å². The summed E-state index contributed by atoms with van der Waals surface area (Å²) >= 11 is 12.1. The molecule has 0 saturated carbocycles. The zero-order valence-corrected chi connectivity index (χ0v) is 14.1. The topological polar surface area (TPSA) is 24.9 Å². The highest BCUT2D eigenvalue weighted by atomic mass is 35.5. The van der Waals surface area contributed by atoms with Gasteiger partial charge in [-0.05, 0) is 42.5 Å². The summed E-state index contributed by atoms with van der Waals surface area (Å²) in [4.78, 5) is 4.11. The summed E-state index contributed by atoms with van der Waals surface area (Å²) < 4.78 is 0. The Kier molecular flexibility index (Phi) is 5.49. The molecule has 0 fully saturated rings. The van der Waals surface area contributed by atoms with Gasteiger partial charge in [-0.25, -0.2) is 4.98 Å². The molecule has 4 heteroatoms. The standard InChI is InChI=1S/C17H20Cl2N2/c1-4-12-6-8-13(9-7-12)14(5-2)20-16-11(3)10-15(18)21-17(16)19/h6-10,14,20H,4-5H2,1-3H3. The third-order valence-electron chi connectivity index (χ3n) is 3.66. The molecular weight excluding hydrogens is 303 g/mol. The first-order valence-electron chi connectivity index (χ1n) is 7.23. The van der Waals surface area contributed by atoms with E-state index in [4.69, 9.17) is 23.2 Å². The van der Waals surface area contributed by atoms with Crippen molar-refractivity contribution >= 4 is 28.9 Å². The fourth-order valence-electron chi connectivity index (χ4n) is 2.35. The zero-order chi connectivity index (χ0) is 15.4. The van der Waals surface area contributed by atoms with Gasteiger partial charge in [0.2, 0.25) is 0 Å². The van der Waals surface area contributed by atoms with Gasteiger partial charge in [0.1, 0.15) is 5.15 Å². The van der Waals surface area contributed by atoms with Gasteiger partial charge in [-0.2, -0.15) is 0 Å². The number of anilines is 1. The van der Waals surface area contributed by atoms with E-state index in [2.05, 4.69) is 48.4 Å². The van der Waals surface area contributed by atoms with Gasteiger partial charge in [-0.15, -0.1) is 0 Å². The Balaban J connectivity index is 2.26. The number of nitrogens with zero attached hydrogens (tertiary/aromatic N) is 1. The fourth-order valence-corrected chi connectivity index (χ4v) is 2.94. The Hall–Kier alpha value is -1.25. The lowest BCUT2D eigenvalue weighted by Crippen LogP contribution is -2.11. The average Bonchev–Trinajstić information content (AvgIpc) is 2.47. The third-order valence-corrected chi connectivity index (χ3v) is 4.13. The summed E-state index contributed by atoms with van der Waals surface area (Å²) in [6, 6.07) is 10.7. The molecule has 1 aromatic carbocycles. The summed E-state index contributed by atoms with van der Waals surface area (Å²) in [5.41, 5.74) is 4.45. The molecule has 1 N–H and O–H groups in total. The Labute approximate surface area is 136 Å². The van der Waals surface area contributed by atoms with Crippen LogP contribution in [0.15, 0.2) is 30.3 Å². The van der Waals surface area contributed by atoms with Gasteiger partial charge in [-0.3, -0.25) is 0 Å². The minimum atomic E-state index is 0.204. The van der Waals surface area contributed by atoms with E-state index in [-0.39, 0.29) is 6.04 Å². The molecule has 1 atom stereocenters. The molecule has 0 aliphatic carbocycles. The fraction of sp³-hybridized carbons (Fsp3) is 0.353. The molecule has 2 rings (SSSR count). The van der Waals surface area contributed by atoms with Gasteiger partial charge in [0.25, 0.3) is 0 Å². The number of aryl methyl sites for hydroxylation is 2. The summed E-state index contributed by atoms with van der Waals surface area (Å²) in [7, 11) is 0. The van der Waals surface area contributed by atoms with Crippen molar-refractivity contribution in [2.75, 3.05) is 5.32 Å². The Morgan fingerprint density at radius 1 is 1.14 bits per heavy atom. The maximum absolute atomic E-state index is 6.21. The van der Waals surface area contributed by atoms with Gasteiger partial charge in [0, 0.05) is 0 Å². The van der Waals surface area contributed by atoms with E-state index in [0.29, 0.717) is 10.3 Å². The van der Waals surface area contributed by atoms with E-state index in [1.54, 1.807) is 0 Å². The highest BCUT2D eigenvalue weighted by molar-refractivity contribution is 6.34. The smallest absolute Gasteiger partial charge is 0.154 e. The van der Waals surface area contributed by atoms with E-state index >= 15 is 0 Å². The largest absolute Gasteiger partial charge is 0.376 e. The molecule has 21 heavy (non-hydrogen) atoms. The van der Waals surface area contributed by atoms with Crippen LogP contribution in [0.1, 0.15) is 43.0 Å². The van der Waals surface area contributed by atoms with Crippen LogP contribution in [0.2, 0.25) is 10.3 Å². The molecule has 0 spiro atoms. The number of rotatable bonds is 5. The van der Waals surface area contributed by atoms with Crippen LogP contribution >= 0.6 is 23.2 Å². The van der Waals surface area contributed by atoms with Crippen molar-refractivity contribution in [3.63, 3.8) is 0 Å². The molecule has 0 radical (unpaired) electrons. The lowest BCUT2D eigenvalue weighted by molar-refractivity contribution is 0.747. The second kappa shape index (κ2) is 7.15. The predicted molar refractivity (Wildman–Crippen MR) is 91.5 cm³/mol. The minimum Gasteiger partial charge on any atom is -0.376 e. The summed E-state index contributed by atoms with van der Waals surface area (Å²) in [5, 5.41) is 4.33. The number of pyridine rings is 1. The van der Waals surface area contributed by atoms with Crippen molar-refractivity contribution in [1.29, 1.82) is 0 Å². The highest BCUT2D eigenvalue weighted by Gasteiger charge is 2.14. The molecule has 0 bridgehead atoms. The van der Waals surface area contributed by atoms with Crippen LogP contribution in [0.25, 0.3) is 0 Å². The Morgan fingerprint density at radius 3 is 2.33 bits per heavy atom. The maximum Gasteiger partial charge on any atom is 0.154 e. The van der Waals surface area contributed by atoms with Crippen molar-refractivity contribution in [1.82, 2.24) is 4.98 Å². The zero-order valence-electron chi connectivity index (χ0n) is 12.6. The first-order valence-corrected chi connectivity index (χ1v) is 7.98. The monoisotopic (exact) mass is 322 g/mol. The van der Waals surface area contributed by atoms with Crippen LogP contribution < -0.4 is 5.32 Å². The van der Waals surface area contributed by atoms with Gasteiger partial charge < -0.3 is 5.32 Å². The van der Waals surface area contributed by atoms with E-state index in [0.717, 1.165) is 24.1 Å².